The van der Waals surface area contributed by atoms with E-state index in [0.29, 0.717) is 17.4 Å². The Hall–Kier alpha value is -3.81. The van der Waals surface area contributed by atoms with Gasteiger partial charge in [0.25, 0.3) is 5.91 Å². The molecule has 2 aromatic heterocycles. The summed E-state index contributed by atoms with van der Waals surface area (Å²) in [6.45, 7) is -2.54. The number of halogens is 2. The minimum atomic E-state index is -2.93. The molecular formula is C24H20F2N4O2. The number of pyridine rings is 1. The minimum absolute atomic E-state index is 0.0352. The van der Waals surface area contributed by atoms with Crippen LogP contribution in [-0.2, 0) is 6.54 Å². The summed E-state index contributed by atoms with van der Waals surface area (Å²) in [7, 11) is 0. The zero-order valence-corrected chi connectivity index (χ0v) is 17.0. The fourth-order valence-electron chi connectivity index (χ4n) is 3.66. The Bertz CT molecular complexity index is 1270. The molecule has 1 amide bonds. The Morgan fingerprint density at radius 2 is 1.97 bits per heavy atom. The van der Waals surface area contributed by atoms with E-state index in [0.717, 1.165) is 29.5 Å². The van der Waals surface area contributed by atoms with Gasteiger partial charge in [0, 0.05) is 24.3 Å². The molecule has 0 unspecified atom stereocenters. The van der Waals surface area contributed by atoms with Gasteiger partial charge in [0.2, 0.25) is 0 Å². The van der Waals surface area contributed by atoms with E-state index < -0.39 is 6.61 Å². The van der Waals surface area contributed by atoms with E-state index in [1.165, 1.54) is 6.07 Å². The summed E-state index contributed by atoms with van der Waals surface area (Å²) in [6, 6.07) is 16.6. The molecule has 1 aliphatic rings. The van der Waals surface area contributed by atoms with Crippen molar-refractivity contribution in [2.75, 3.05) is 0 Å². The normalized spacial score (nSPS) is 13.5. The van der Waals surface area contributed by atoms with Crippen molar-refractivity contribution in [3.05, 3.63) is 78.2 Å². The molecule has 162 valence electrons. The van der Waals surface area contributed by atoms with Gasteiger partial charge in [-0.2, -0.15) is 13.9 Å². The summed E-state index contributed by atoms with van der Waals surface area (Å²) in [5.74, 6) is -0.258. The summed E-state index contributed by atoms with van der Waals surface area (Å²) >= 11 is 0. The van der Waals surface area contributed by atoms with E-state index >= 15 is 0 Å². The molecule has 6 nitrogen and oxygen atoms in total. The number of carbonyl (C=O) groups is 1. The number of ether oxygens (including phenoxy) is 1. The number of nitrogens with one attached hydrogen (secondary N) is 1. The number of fused-ring (bicyclic) bond motifs is 1. The lowest BCUT2D eigenvalue weighted by Gasteiger charge is -2.10. The Morgan fingerprint density at radius 3 is 2.72 bits per heavy atom. The Labute approximate surface area is 182 Å². The van der Waals surface area contributed by atoms with Crippen LogP contribution in [0.4, 0.5) is 8.78 Å². The van der Waals surface area contributed by atoms with Crippen LogP contribution < -0.4 is 10.1 Å². The average molecular weight is 434 g/mol. The summed E-state index contributed by atoms with van der Waals surface area (Å²) < 4.78 is 32.2. The van der Waals surface area contributed by atoms with E-state index in [1.807, 2.05) is 36.5 Å². The maximum Gasteiger partial charge on any atom is 0.387 e. The van der Waals surface area contributed by atoms with Crippen molar-refractivity contribution in [2.45, 2.75) is 32.0 Å². The first-order valence-corrected chi connectivity index (χ1v) is 10.3. The van der Waals surface area contributed by atoms with E-state index in [2.05, 4.69) is 20.1 Å². The number of hydrogen-bond acceptors (Lipinski definition) is 4. The summed E-state index contributed by atoms with van der Waals surface area (Å²) in [5, 5.41) is 8.06. The van der Waals surface area contributed by atoms with Crippen molar-refractivity contribution in [1.82, 2.24) is 20.1 Å². The lowest BCUT2D eigenvalue weighted by Crippen LogP contribution is -2.23. The highest BCUT2D eigenvalue weighted by Crippen LogP contribution is 2.39. The zero-order valence-electron chi connectivity index (χ0n) is 17.0. The molecule has 0 spiro atoms. The monoisotopic (exact) mass is 434 g/mol. The van der Waals surface area contributed by atoms with Crippen LogP contribution >= 0.6 is 0 Å². The molecule has 0 aliphatic heterocycles. The van der Waals surface area contributed by atoms with Crippen molar-refractivity contribution in [1.29, 1.82) is 0 Å². The Kier molecular flexibility index (Phi) is 5.26. The predicted molar refractivity (Wildman–Crippen MR) is 115 cm³/mol. The van der Waals surface area contributed by atoms with Gasteiger partial charge in [0.1, 0.15) is 11.2 Å². The molecule has 1 fully saturated rings. The molecule has 4 aromatic rings. The van der Waals surface area contributed by atoms with Gasteiger partial charge in [-0.05, 0) is 53.8 Å². The van der Waals surface area contributed by atoms with Crippen LogP contribution in [-0.4, -0.2) is 27.3 Å². The standard InChI is InChI=1S/C24H20F2N4O2/c25-24(26)32-21-9-8-18(19-14-30(17-6-7-17)29-22(19)21)16-10-11-27-20(12-16)23(31)28-13-15-4-2-1-3-5-15/h1-5,8-12,14,17,24H,6-7,13H2,(H,28,31). The molecule has 1 aliphatic carbocycles. The van der Waals surface area contributed by atoms with Crippen LogP contribution in [0, 0.1) is 0 Å². The predicted octanol–water partition coefficient (Wildman–Crippen LogP) is 4.96. The van der Waals surface area contributed by atoms with Crippen LogP contribution in [0.5, 0.6) is 5.75 Å². The van der Waals surface area contributed by atoms with Crippen molar-refractivity contribution in [2.24, 2.45) is 0 Å². The van der Waals surface area contributed by atoms with Gasteiger partial charge in [-0.3, -0.25) is 14.5 Å². The molecule has 0 radical (unpaired) electrons. The van der Waals surface area contributed by atoms with Crippen LogP contribution in [0.2, 0.25) is 0 Å². The van der Waals surface area contributed by atoms with Gasteiger partial charge >= 0.3 is 6.61 Å². The van der Waals surface area contributed by atoms with E-state index in [4.69, 9.17) is 0 Å². The summed E-state index contributed by atoms with van der Waals surface area (Å²) in [5.41, 5.74) is 3.15. The second-order valence-corrected chi connectivity index (χ2v) is 7.69. The van der Waals surface area contributed by atoms with Gasteiger partial charge in [0.15, 0.2) is 5.75 Å². The van der Waals surface area contributed by atoms with Crippen molar-refractivity contribution >= 4 is 16.8 Å². The number of rotatable bonds is 7. The van der Waals surface area contributed by atoms with Gasteiger partial charge in [0.05, 0.1) is 6.04 Å². The smallest absolute Gasteiger partial charge is 0.387 e. The number of carbonyl (C=O) groups excluding carboxylic acids is 1. The van der Waals surface area contributed by atoms with Crippen molar-refractivity contribution < 1.29 is 18.3 Å². The number of amides is 1. The summed E-state index contributed by atoms with van der Waals surface area (Å²) in [6.07, 6.45) is 5.44. The highest BCUT2D eigenvalue weighted by Gasteiger charge is 2.26. The van der Waals surface area contributed by atoms with Gasteiger partial charge in [-0.1, -0.05) is 30.3 Å². The van der Waals surface area contributed by atoms with Crippen molar-refractivity contribution in [3.8, 4) is 16.9 Å². The van der Waals surface area contributed by atoms with Gasteiger partial charge in [-0.25, -0.2) is 0 Å². The maximum atomic E-state index is 12.9. The summed E-state index contributed by atoms with van der Waals surface area (Å²) in [4.78, 5) is 16.8. The molecule has 2 aromatic carbocycles. The van der Waals surface area contributed by atoms with E-state index in [-0.39, 0.29) is 23.4 Å². The Balaban J connectivity index is 1.46. The molecule has 0 atom stereocenters. The van der Waals surface area contributed by atoms with E-state index in [9.17, 15) is 13.6 Å². The van der Waals surface area contributed by atoms with Gasteiger partial charge in [-0.15, -0.1) is 0 Å². The third-order valence-corrected chi connectivity index (χ3v) is 5.39. The lowest BCUT2D eigenvalue weighted by molar-refractivity contribution is -0.0489. The first-order valence-electron chi connectivity index (χ1n) is 10.3. The second-order valence-electron chi connectivity index (χ2n) is 7.69. The van der Waals surface area contributed by atoms with Crippen LogP contribution in [0.3, 0.4) is 0 Å². The molecule has 0 bridgehead atoms. The molecule has 32 heavy (non-hydrogen) atoms. The topological polar surface area (TPSA) is 69.0 Å². The molecule has 1 saturated carbocycles. The first kappa shape index (κ1) is 20.1. The SMILES string of the molecule is O=C(NCc1ccccc1)c1cc(-c2ccc(OC(F)F)c3nn(C4CC4)cc23)ccn1. The number of aromatic nitrogens is 3. The second kappa shape index (κ2) is 8.37. The number of hydrogen-bond donors (Lipinski definition) is 1. The molecular weight excluding hydrogens is 414 g/mol. The zero-order chi connectivity index (χ0) is 22.1. The number of benzene rings is 2. The van der Waals surface area contributed by atoms with Crippen molar-refractivity contribution in [3.63, 3.8) is 0 Å². The number of alkyl halides is 2. The third kappa shape index (κ3) is 4.16. The molecule has 2 heterocycles. The van der Waals surface area contributed by atoms with Crippen LogP contribution in [0.25, 0.3) is 22.0 Å². The fraction of sp³-hybridized carbons (Fsp3) is 0.208. The third-order valence-electron chi connectivity index (χ3n) is 5.39. The lowest BCUT2D eigenvalue weighted by atomic mass is 10.0. The highest BCUT2D eigenvalue weighted by molar-refractivity contribution is 5.99. The quantitative estimate of drug-likeness (QED) is 0.446. The maximum absolute atomic E-state index is 12.9. The highest BCUT2D eigenvalue weighted by atomic mass is 19.3. The average Bonchev–Trinajstić information content (AvgIpc) is 3.56. The molecule has 1 N–H and O–H groups in total. The van der Waals surface area contributed by atoms with E-state index in [1.54, 1.807) is 29.1 Å². The molecule has 0 saturated heterocycles. The molecule has 5 rings (SSSR count). The number of nitrogens with zero attached hydrogens (tertiary/aromatic N) is 3. The largest absolute Gasteiger partial charge is 0.432 e. The van der Waals surface area contributed by atoms with Crippen LogP contribution in [0.15, 0.2) is 67.0 Å². The van der Waals surface area contributed by atoms with Crippen LogP contribution in [0.1, 0.15) is 34.9 Å². The molecule has 8 heteroatoms. The Morgan fingerprint density at radius 1 is 1.16 bits per heavy atom. The minimum Gasteiger partial charge on any atom is -0.432 e. The fourth-order valence-corrected chi connectivity index (χ4v) is 3.66. The first-order chi connectivity index (χ1) is 15.6. The van der Waals surface area contributed by atoms with Gasteiger partial charge < -0.3 is 10.1 Å².